The van der Waals surface area contributed by atoms with Crippen molar-refractivity contribution in [3.05, 3.63) is 74.8 Å². The lowest BCUT2D eigenvalue weighted by Gasteiger charge is -2.20. The molecule has 138 valence electrons. The zero-order chi connectivity index (χ0) is 18.8. The van der Waals surface area contributed by atoms with Crippen LogP contribution in [0.3, 0.4) is 0 Å². The fourth-order valence-electron chi connectivity index (χ4n) is 2.84. The Kier molecular flexibility index (Phi) is 5.20. The molecule has 3 aromatic rings. The molecule has 0 fully saturated rings. The number of thiophene rings is 1. The maximum atomic E-state index is 12.8. The van der Waals surface area contributed by atoms with E-state index in [4.69, 9.17) is 32.4 Å². The molecule has 0 saturated heterocycles. The Balaban J connectivity index is 1.54. The third-order valence-electron chi connectivity index (χ3n) is 4.11. The molecular formula is C19H14Cl2N2O3S. The van der Waals surface area contributed by atoms with Crippen molar-refractivity contribution in [2.45, 2.75) is 12.5 Å². The van der Waals surface area contributed by atoms with E-state index in [9.17, 15) is 4.79 Å². The molecule has 1 aromatic carbocycles. The summed E-state index contributed by atoms with van der Waals surface area (Å²) < 4.78 is 11.0. The molecule has 0 bridgehead atoms. The van der Waals surface area contributed by atoms with Gasteiger partial charge in [-0.1, -0.05) is 35.3 Å². The molecule has 3 heterocycles. The van der Waals surface area contributed by atoms with E-state index < -0.39 is 0 Å². The Labute approximate surface area is 169 Å². The third kappa shape index (κ3) is 3.74. The van der Waals surface area contributed by atoms with Crippen LogP contribution in [0.15, 0.2) is 63.6 Å². The fourth-order valence-corrected chi connectivity index (χ4v) is 3.99. The lowest BCUT2D eigenvalue weighted by atomic mass is 10.1. The van der Waals surface area contributed by atoms with E-state index in [2.05, 4.69) is 5.10 Å². The van der Waals surface area contributed by atoms with Crippen molar-refractivity contribution in [2.75, 3.05) is 6.61 Å². The smallest absolute Gasteiger partial charge is 0.281 e. The minimum Gasteiger partial charge on any atom is -0.482 e. The van der Waals surface area contributed by atoms with Crippen LogP contribution in [0, 0.1) is 0 Å². The number of hydrogen-bond donors (Lipinski definition) is 0. The summed E-state index contributed by atoms with van der Waals surface area (Å²) in [5.41, 5.74) is 0.729. The molecular weight excluding hydrogens is 407 g/mol. The molecule has 1 aliphatic rings. The number of amides is 1. The molecule has 5 nitrogen and oxygen atoms in total. The van der Waals surface area contributed by atoms with Crippen LogP contribution >= 0.6 is 34.5 Å². The minimum absolute atomic E-state index is 0.184. The van der Waals surface area contributed by atoms with Gasteiger partial charge in [-0.05, 0) is 35.7 Å². The Hall–Kier alpha value is -2.28. The van der Waals surface area contributed by atoms with Crippen LogP contribution < -0.4 is 4.74 Å². The first-order valence-corrected chi connectivity index (χ1v) is 9.80. The van der Waals surface area contributed by atoms with Crippen molar-refractivity contribution in [2.24, 2.45) is 5.10 Å². The number of hydrogen-bond acceptors (Lipinski definition) is 5. The molecule has 1 atom stereocenters. The first-order chi connectivity index (χ1) is 13.1. The summed E-state index contributed by atoms with van der Waals surface area (Å²) in [5.74, 6) is 0.747. The van der Waals surface area contributed by atoms with Crippen LogP contribution in [0.5, 0.6) is 5.75 Å². The van der Waals surface area contributed by atoms with Crippen molar-refractivity contribution >= 4 is 46.2 Å². The second-order valence-corrected chi connectivity index (χ2v) is 7.60. The molecule has 4 rings (SSSR count). The van der Waals surface area contributed by atoms with Crippen molar-refractivity contribution < 1.29 is 13.9 Å². The summed E-state index contributed by atoms with van der Waals surface area (Å²) in [7, 11) is 0. The lowest BCUT2D eigenvalue weighted by molar-refractivity contribution is -0.135. The van der Waals surface area contributed by atoms with E-state index in [1.807, 2.05) is 23.6 Å². The maximum Gasteiger partial charge on any atom is 0.281 e. The Bertz CT molecular complexity index is 971. The van der Waals surface area contributed by atoms with Crippen LogP contribution in [0.1, 0.15) is 23.1 Å². The molecule has 1 unspecified atom stereocenters. The summed E-state index contributed by atoms with van der Waals surface area (Å²) in [6.45, 7) is -0.198. The van der Waals surface area contributed by atoms with Crippen molar-refractivity contribution in [1.29, 1.82) is 0 Å². The zero-order valence-corrected chi connectivity index (χ0v) is 16.3. The number of nitrogens with zero attached hydrogens (tertiary/aromatic N) is 2. The highest BCUT2D eigenvalue weighted by Gasteiger charge is 2.34. The van der Waals surface area contributed by atoms with E-state index in [0.29, 0.717) is 23.0 Å². The van der Waals surface area contributed by atoms with Gasteiger partial charge in [0, 0.05) is 11.3 Å². The predicted octanol–water partition coefficient (Wildman–Crippen LogP) is 5.40. The number of halogens is 2. The highest BCUT2D eigenvalue weighted by atomic mass is 35.5. The molecule has 1 aliphatic heterocycles. The molecule has 0 saturated carbocycles. The van der Waals surface area contributed by atoms with Crippen LogP contribution in [-0.4, -0.2) is 23.2 Å². The van der Waals surface area contributed by atoms with E-state index in [1.54, 1.807) is 41.9 Å². The highest BCUT2D eigenvalue weighted by Crippen LogP contribution is 2.36. The predicted molar refractivity (Wildman–Crippen MR) is 106 cm³/mol. The van der Waals surface area contributed by atoms with Gasteiger partial charge in [0.25, 0.3) is 5.91 Å². The number of carbonyl (C=O) groups is 1. The van der Waals surface area contributed by atoms with Gasteiger partial charge in [-0.3, -0.25) is 4.79 Å². The van der Waals surface area contributed by atoms with Gasteiger partial charge in [-0.25, -0.2) is 5.01 Å². The lowest BCUT2D eigenvalue weighted by Crippen LogP contribution is -2.31. The summed E-state index contributed by atoms with van der Waals surface area (Å²) in [6, 6.07) is 12.4. The average molecular weight is 421 g/mol. The van der Waals surface area contributed by atoms with E-state index in [0.717, 1.165) is 10.6 Å². The fraction of sp³-hybridized carbons (Fsp3) is 0.158. The summed E-state index contributed by atoms with van der Waals surface area (Å²) in [6.07, 6.45) is 2.17. The summed E-state index contributed by atoms with van der Waals surface area (Å²) in [4.78, 5) is 13.9. The number of furan rings is 1. The Morgan fingerprint density at radius 3 is 2.89 bits per heavy atom. The quantitative estimate of drug-likeness (QED) is 0.554. The molecule has 0 aliphatic carbocycles. The molecule has 0 spiro atoms. The normalized spacial score (nSPS) is 16.4. The first-order valence-electron chi connectivity index (χ1n) is 8.17. The van der Waals surface area contributed by atoms with E-state index >= 15 is 0 Å². The van der Waals surface area contributed by atoms with Crippen molar-refractivity contribution in [3.63, 3.8) is 0 Å². The maximum absolute atomic E-state index is 12.8. The molecule has 0 radical (unpaired) electrons. The monoisotopic (exact) mass is 420 g/mol. The molecule has 1 amide bonds. The van der Waals surface area contributed by atoms with Gasteiger partial charge >= 0.3 is 0 Å². The topological polar surface area (TPSA) is 55.0 Å². The van der Waals surface area contributed by atoms with E-state index in [1.165, 1.54) is 5.01 Å². The molecule has 8 heteroatoms. The van der Waals surface area contributed by atoms with Crippen molar-refractivity contribution in [3.8, 4) is 5.75 Å². The molecule has 0 N–H and O–H groups in total. The minimum atomic E-state index is -0.272. The number of ether oxygens (including phenoxy) is 1. The second kappa shape index (κ2) is 7.76. The number of rotatable bonds is 5. The second-order valence-electron chi connectivity index (χ2n) is 5.84. The van der Waals surface area contributed by atoms with E-state index in [-0.39, 0.29) is 23.6 Å². The standard InChI is InChI=1S/C19H14Cl2N2O3S/c20-12-4-1-5-16(19(12)21)26-11-18(24)23-14(17-7-3-9-27-17)10-13(22-23)15-6-2-8-25-15/h1-9,14H,10-11H2. The zero-order valence-electron chi connectivity index (χ0n) is 14.0. The van der Waals surface area contributed by atoms with Gasteiger partial charge in [0.2, 0.25) is 0 Å². The molecule has 27 heavy (non-hydrogen) atoms. The van der Waals surface area contributed by atoms with Crippen LogP contribution in [-0.2, 0) is 4.79 Å². The van der Waals surface area contributed by atoms with Gasteiger partial charge < -0.3 is 9.15 Å². The van der Waals surface area contributed by atoms with Gasteiger partial charge in [-0.2, -0.15) is 5.10 Å². The number of hydrazone groups is 1. The van der Waals surface area contributed by atoms with Crippen molar-refractivity contribution in [1.82, 2.24) is 5.01 Å². The Morgan fingerprint density at radius 2 is 2.15 bits per heavy atom. The summed E-state index contributed by atoms with van der Waals surface area (Å²) >= 11 is 13.7. The number of benzene rings is 1. The molecule has 2 aromatic heterocycles. The third-order valence-corrected chi connectivity index (χ3v) is 5.89. The average Bonchev–Trinajstić information content (AvgIpc) is 3.41. The Morgan fingerprint density at radius 1 is 1.26 bits per heavy atom. The van der Waals surface area contributed by atoms with Gasteiger partial charge in [0.05, 0.1) is 17.3 Å². The SMILES string of the molecule is O=C(COc1cccc(Cl)c1Cl)N1N=C(c2ccco2)CC1c1cccs1. The highest BCUT2D eigenvalue weighted by molar-refractivity contribution is 7.10. The van der Waals surface area contributed by atoms with Gasteiger partial charge in [0.15, 0.2) is 6.61 Å². The van der Waals surface area contributed by atoms with Gasteiger partial charge in [-0.15, -0.1) is 11.3 Å². The largest absolute Gasteiger partial charge is 0.482 e. The van der Waals surface area contributed by atoms with Crippen LogP contribution in [0.4, 0.5) is 0 Å². The summed E-state index contributed by atoms with van der Waals surface area (Å²) in [5, 5.41) is 8.59. The van der Waals surface area contributed by atoms with Crippen LogP contribution in [0.25, 0.3) is 0 Å². The van der Waals surface area contributed by atoms with Crippen LogP contribution in [0.2, 0.25) is 10.0 Å². The number of carbonyl (C=O) groups excluding carboxylic acids is 1. The van der Waals surface area contributed by atoms with Gasteiger partial charge in [0.1, 0.15) is 22.2 Å². The first kappa shape index (κ1) is 18.1.